The van der Waals surface area contributed by atoms with E-state index in [0.717, 1.165) is 4.90 Å². The maximum absolute atomic E-state index is 12.2. The van der Waals surface area contributed by atoms with Crippen LogP contribution in [0.3, 0.4) is 0 Å². The number of carbonyl (C=O) groups excluding carboxylic acids is 2. The summed E-state index contributed by atoms with van der Waals surface area (Å²) in [5.74, 6) is 0.824. The summed E-state index contributed by atoms with van der Waals surface area (Å²) in [6.45, 7) is 4.87. The summed E-state index contributed by atoms with van der Waals surface area (Å²) in [6, 6.07) is 2.97. The van der Waals surface area contributed by atoms with E-state index in [1.165, 1.54) is 0 Å². The maximum Gasteiger partial charge on any atom is 0.326 e. The van der Waals surface area contributed by atoms with E-state index in [-0.39, 0.29) is 6.54 Å². The minimum Gasteiger partial charge on any atom is -0.466 e. The summed E-state index contributed by atoms with van der Waals surface area (Å²) in [4.78, 5) is 24.8. The topological polar surface area (TPSA) is 86.3 Å². The lowest BCUT2D eigenvalue weighted by atomic mass is 9.92. The second-order valence-electron chi connectivity index (χ2n) is 4.43. The van der Waals surface area contributed by atoms with E-state index in [9.17, 15) is 9.59 Å². The van der Waals surface area contributed by atoms with Gasteiger partial charge in [0.25, 0.3) is 5.91 Å². The first-order valence-corrected chi connectivity index (χ1v) is 5.48. The molecule has 94 valence electrons. The fraction of sp³-hybridized carbons (Fsp3) is 0.417. The van der Waals surface area contributed by atoms with Gasteiger partial charge in [0.2, 0.25) is 0 Å². The Morgan fingerprint density at radius 1 is 1.50 bits per heavy atom. The van der Waals surface area contributed by atoms with Crippen molar-refractivity contribution in [2.24, 2.45) is 0 Å². The first kappa shape index (κ1) is 12.2. The minimum atomic E-state index is -1.16. The molecule has 1 unspecified atom stereocenters. The third-order valence-electron chi connectivity index (χ3n) is 3.08. The van der Waals surface area contributed by atoms with Crippen LogP contribution in [0.2, 0.25) is 0 Å². The van der Waals surface area contributed by atoms with Gasteiger partial charge in [0.05, 0.1) is 6.07 Å². The molecule has 1 aliphatic heterocycles. The van der Waals surface area contributed by atoms with Gasteiger partial charge in [0, 0.05) is 5.56 Å². The summed E-state index contributed by atoms with van der Waals surface area (Å²) in [6.07, 6.45) is 0. The van der Waals surface area contributed by atoms with Crippen molar-refractivity contribution in [3.05, 3.63) is 23.2 Å². The van der Waals surface area contributed by atoms with E-state index < -0.39 is 17.5 Å². The fourth-order valence-electron chi connectivity index (χ4n) is 2.22. The van der Waals surface area contributed by atoms with E-state index in [1.807, 2.05) is 0 Å². The van der Waals surface area contributed by atoms with Gasteiger partial charge in [-0.25, -0.2) is 9.69 Å². The van der Waals surface area contributed by atoms with Crippen LogP contribution in [0.4, 0.5) is 4.79 Å². The average Bonchev–Trinajstić information content (AvgIpc) is 2.73. The number of carbonyl (C=O) groups is 2. The number of hydrogen-bond acceptors (Lipinski definition) is 4. The Morgan fingerprint density at radius 2 is 2.17 bits per heavy atom. The normalized spacial score (nSPS) is 23.1. The molecule has 6 nitrogen and oxygen atoms in total. The fourth-order valence-corrected chi connectivity index (χ4v) is 2.22. The van der Waals surface area contributed by atoms with Crippen LogP contribution in [0.25, 0.3) is 0 Å². The number of hydrogen-bond donors (Lipinski definition) is 1. The molecule has 1 aromatic rings. The molecule has 6 heteroatoms. The Labute approximate surface area is 104 Å². The third-order valence-corrected chi connectivity index (χ3v) is 3.08. The van der Waals surface area contributed by atoms with E-state index in [4.69, 9.17) is 9.68 Å². The number of nitrogens with zero attached hydrogens (tertiary/aromatic N) is 2. The van der Waals surface area contributed by atoms with Crippen LogP contribution in [0.15, 0.2) is 10.5 Å². The molecule has 0 radical (unpaired) electrons. The van der Waals surface area contributed by atoms with Gasteiger partial charge in [-0.1, -0.05) is 0 Å². The van der Waals surface area contributed by atoms with Gasteiger partial charge in [-0.15, -0.1) is 0 Å². The molecule has 18 heavy (non-hydrogen) atoms. The molecule has 0 saturated carbocycles. The second-order valence-corrected chi connectivity index (χ2v) is 4.43. The second kappa shape index (κ2) is 3.88. The number of urea groups is 1. The van der Waals surface area contributed by atoms with E-state index in [0.29, 0.717) is 17.1 Å². The summed E-state index contributed by atoms with van der Waals surface area (Å²) >= 11 is 0. The summed E-state index contributed by atoms with van der Waals surface area (Å²) in [5.41, 5.74) is -0.533. The summed E-state index contributed by atoms with van der Waals surface area (Å²) in [7, 11) is 0. The van der Waals surface area contributed by atoms with Gasteiger partial charge >= 0.3 is 6.03 Å². The Kier molecular flexibility index (Phi) is 2.62. The Morgan fingerprint density at radius 3 is 2.67 bits per heavy atom. The molecule has 0 aliphatic carbocycles. The Bertz CT molecular complexity index is 570. The van der Waals surface area contributed by atoms with Crippen molar-refractivity contribution in [3.8, 4) is 6.07 Å². The highest BCUT2D eigenvalue weighted by molar-refractivity contribution is 6.07. The minimum absolute atomic E-state index is 0.254. The Balaban J connectivity index is 2.45. The van der Waals surface area contributed by atoms with Crippen LogP contribution < -0.4 is 5.32 Å². The zero-order valence-electron chi connectivity index (χ0n) is 10.4. The number of amides is 3. The molecule has 2 heterocycles. The van der Waals surface area contributed by atoms with Gasteiger partial charge < -0.3 is 9.73 Å². The quantitative estimate of drug-likeness (QED) is 0.628. The highest BCUT2D eigenvalue weighted by atomic mass is 16.3. The van der Waals surface area contributed by atoms with Crippen LogP contribution in [-0.4, -0.2) is 23.4 Å². The number of nitriles is 1. The summed E-state index contributed by atoms with van der Waals surface area (Å²) in [5, 5.41) is 11.2. The molecule has 3 amide bonds. The first-order chi connectivity index (χ1) is 8.40. The number of aryl methyl sites for hydroxylation is 2. The van der Waals surface area contributed by atoms with Crippen LogP contribution in [-0.2, 0) is 10.3 Å². The van der Waals surface area contributed by atoms with E-state index >= 15 is 0 Å². The van der Waals surface area contributed by atoms with Crippen molar-refractivity contribution >= 4 is 11.9 Å². The molecule has 1 aromatic heterocycles. The van der Waals surface area contributed by atoms with Crippen molar-refractivity contribution in [1.29, 1.82) is 5.26 Å². The monoisotopic (exact) mass is 247 g/mol. The van der Waals surface area contributed by atoms with Crippen molar-refractivity contribution in [3.63, 3.8) is 0 Å². The largest absolute Gasteiger partial charge is 0.466 e. The zero-order chi connectivity index (χ0) is 13.5. The number of rotatable bonds is 2. The van der Waals surface area contributed by atoms with Gasteiger partial charge in [0.15, 0.2) is 0 Å². The van der Waals surface area contributed by atoms with Crippen molar-refractivity contribution in [2.45, 2.75) is 26.3 Å². The molecule has 1 atom stereocenters. The molecule has 0 aromatic carbocycles. The molecule has 0 bridgehead atoms. The lowest BCUT2D eigenvalue weighted by Crippen LogP contribution is -2.41. The molecule has 1 N–H and O–H groups in total. The van der Waals surface area contributed by atoms with E-state index in [2.05, 4.69) is 5.32 Å². The number of nitrogens with one attached hydrogen (secondary N) is 1. The maximum atomic E-state index is 12.2. The number of imide groups is 1. The van der Waals surface area contributed by atoms with Gasteiger partial charge in [-0.2, -0.15) is 5.26 Å². The SMILES string of the molecule is Cc1cc(C2(C)NC(=O)N(CC#N)C2=O)c(C)o1. The van der Waals surface area contributed by atoms with Crippen molar-refractivity contribution < 1.29 is 14.0 Å². The van der Waals surface area contributed by atoms with E-state index in [1.54, 1.807) is 32.9 Å². The smallest absolute Gasteiger partial charge is 0.326 e. The Hall–Kier alpha value is -2.29. The average molecular weight is 247 g/mol. The molecular weight excluding hydrogens is 234 g/mol. The summed E-state index contributed by atoms with van der Waals surface area (Å²) < 4.78 is 5.38. The third kappa shape index (κ3) is 1.56. The van der Waals surface area contributed by atoms with Gasteiger partial charge in [-0.05, 0) is 26.8 Å². The molecule has 1 saturated heterocycles. The van der Waals surface area contributed by atoms with Crippen molar-refractivity contribution in [2.75, 3.05) is 6.54 Å². The predicted molar refractivity (Wildman–Crippen MR) is 61.4 cm³/mol. The first-order valence-electron chi connectivity index (χ1n) is 5.48. The highest BCUT2D eigenvalue weighted by Crippen LogP contribution is 2.32. The van der Waals surface area contributed by atoms with Crippen LogP contribution in [0.1, 0.15) is 24.0 Å². The standard InChI is InChI=1S/C12H13N3O3/c1-7-6-9(8(2)18-7)12(3)10(16)15(5-4-13)11(17)14-12/h6H,5H2,1-3H3,(H,14,17). The van der Waals surface area contributed by atoms with Gasteiger partial charge in [0.1, 0.15) is 23.6 Å². The highest BCUT2D eigenvalue weighted by Gasteiger charge is 2.50. The lowest BCUT2D eigenvalue weighted by Gasteiger charge is -2.20. The molecule has 0 spiro atoms. The lowest BCUT2D eigenvalue weighted by molar-refractivity contribution is -0.130. The number of furan rings is 1. The molecule has 2 rings (SSSR count). The molecular formula is C12H13N3O3. The van der Waals surface area contributed by atoms with Crippen LogP contribution >= 0.6 is 0 Å². The van der Waals surface area contributed by atoms with Crippen molar-refractivity contribution in [1.82, 2.24) is 10.2 Å². The van der Waals surface area contributed by atoms with Crippen LogP contribution in [0.5, 0.6) is 0 Å². The molecule has 1 fully saturated rings. The predicted octanol–water partition coefficient (Wildman–Crippen LogP) is 1.19. The van der Waals surface area contributed by atoms with Crippen LogP contribution in [0, 0.1) is 25.2 Å². The molecule has 1 aliphatic rings. The zero-order valence-corrected chi connectivity index (χ0v) is 10.4. The van der Waals surface area contributed by atoms with Gasteiger partial charge in [-0.3, -0.25) is 4.79 Å².